The van der Waals surface area contributed by atoms with Crippen LogP contribution in [0.5, 0.6) is 0 Å². The molecule has 0 bridgehead atoms. The number of carbonyl (C=O) groups is 1. The fraction of sp³-hybridized carbons (Fsp3) is 0.429. The molecule has 1 unspecified atom stereocenters. The van der Waals surface area contributed by atoms with Gasteiger partial charge in [0.1, 0.15) is 17.9 Å². The number of amides is 1. The van der Waals surface area contributed by atoms with Crippen molar-refractivity contribution in [2.24, 2.45) is 0 Å². The Balaban J connectivity index is 2.59. The molecule has 4 nitrogen and oxygen atoms in total. The molecule has 0 radical (unpaired) electrons. The number of unbranched alkanes of at least 4 members (excludes halogenated alkanes) is 1. The Kier molecular flexibility index (Phi) is 5.80. The summed E-state index contributed by atoms with van der Waals surface area (Å²) in [5.41, 5.74) is 0.514. The van der Waals surface area contributed by atoms with E-state index in [0.717, 1.165) is 12.8 Å². The average molecular weight is 263 g/mol. The molecule has 1 amide bonds. The lowest BCUT2D eigenvalue weighted by Crippen LogP contribution is -2.38. The molecular weight excluding hydrogens is 245 g/mol. The van der Waals surface area contributed by atoms with Gasteiger partial charge in [-0.3, -0.25) is 4.79 Å². The van der Waals surface area contributed by atoms with Crippen LogP contribution in [-0.4, -0.2) is 18.5 Å². The van der Waals surface area contributed by atoms with Gasteiger partial charge in [-0.25, -0.2) is 4.39 Å². The molecule has 0 aliphatic heterocycles. The zero-order valence-corrected chi connectivity index (χ0v) is 11.2. The summed E-state index contributed by atoms with van der Waals surface area (Å²) in [6, 6.07) is 5.44. The summed E-state index contributed by atoms with van der Waals surface area (Å²) in [5, 5.41) is 14.5. The predicted molar refractivity (Wildman–Crippen MR) is 72.1 cm³/mol. The topological polar surface area (TPSA) is 64.9 Å². The second-order valence-electron chi connectivity index (χ2n) is 4.32. The Hall–Kier alpha value is -2.09. The van der Waals surface area contributed by atoms with Crippen molar-refractivity contribution >= 4 is 11.6 Å². The van der Waals surface area contributed by atoms with Crippen molar-refractivity contribution in [3.63, 3.8) is 0 Å². The number of benzene rings is 1. The van der Waals surface area contributed by atoms with Gasteiger partial charge in [0, 0.05) is 12.2 Å². The summed E-state index contributed by atoms with van der Waals surface area (Å²) in [4.78, 5) is 11.7. The molecule has 102 valence electrons. The number of hydrogen-bond acceptors (Lipinski definition) is 3. The van der Waals surface area contributed by atoms with Crippen molar-refractivity contribution < 1.29 is 9.18 Å². The summed E-state index contributed by atoms with van der Waals surface area (Å²) in [7, 11) is 0. The van der Waals surface area contributed by atoms with E-state index in [1.54, 1.807) is 13.0 Å². The summed E-state index contributed by atoms with van der Waals surface area (Å²) in [5.74, 6) is -0.676. The summed E-state index contributed by atoms with van der Waals surface area (Å²) >= 11 is 0. The van der Waals surface area contributed by atoms with E-state index in [9.17, 15) is 9.18 Å². The second-order valence-corrected chi connectivity index (χ2v) is 4.32. The SMILES string of the molecule is CCCCNC(=O)C(C)Nc1ccc(F)c(C#N)c1. The summed E-state index contributed by atoms with van der Waals surface area (Å²) in [6.45, 7) is 4.42. The number of halogens is 1. The minimum Gasteiger partial charge on any atom is -0.374 e. The van der Waals surface area contributed by atoms with Gasteiger partial charge >= 0.3 is 0 Å². The highest BCUT2D eigenvalue weighted by Gasteiger charge is 2.12. The lowest BCUT2D eigenvalue weighted by Gasteiger charge is -2.15. The molecule has 0 fully saturated rings. The molecule has 0 heterocycles. The first-order chi connectivity index (χ1) is 9.08. The van der Waals surface area contributed by atoms with Gasteiger partial charge in [0.25, 0.3) is 0 Å². The third-order valence-corrected chi connectivity index (χ3v) is 2.69. The number of carbonyl (C=O) groups excluding carboxylic acids is 1. The molecule has 2 N–H and O–H groups in total. The Labute approximate surface area is 112 Å². The van der Waals surface area contributed by atoms with Crippen molar-refractivity contribution in [3.8, 4) is 6.07 Å². The Morgan fingerprint density at radius 2 is 2.26 bits per heavy atom. The number of rotatable bonds is 6. The quantitative estimate of drug-likeness (QED) is 0.775. The molecule has 0 saturated heterocycles. The highest BCUT2D eigenvalue weighted by atomic mass is 19.1. The Morgan fingerprint density at radius 3 is 2.89 bits per heavy atom. The normalized spacial score (nSPS) is 11.5. The predicted octanol–water partition coefficient (Wildman–Crippen LogP) is 2.41. The maximum atomic E-state index is 13.1. The van der Waals surface area contributed by atoms with Crippen molar-refractivity contribution in [3.05, 3.63) is 29.6 Å². The zero-order valence-electron chi connectivity index (χ0n) is 11.2. The van der Waals surface area contributed by atoms with Crippen molar-refractivity contribution in [2.45, 2.75) is 32.7 Å². The standard InChI is InChI=1S/C14H18FN3O/c1-3-4-7-17-14(19)10(2)18-12-5-6-13(15)11(8-12)9-16/h5-6,8,10,18H,3-4,7H2,1-2H3,(H,17,19). The monoisotopic (exact) mass is 263 g/mol. The van der Waals surface area contributed by atoms with Gasteiger partial charge in [0.2, 0.25) is 5.91 Å². The van der Waals surface area contributed by atoms with Crippen LogP contribution in [0.3, 0.4) is 0 Å². The van der Waals surface area contributed by atoms with Crippen LogP contribution < -0.4 is 10.6 Å². The molecule has 0 aliphatic carbocycles. The maximum Gasteiger partial charge on any atom is 0.242 e. The fourth-order valence-electron chi connectivity index (χ4n) is 1.56. The van der Waals surface area contributed by atoms with Gasteiger partial charge in [-0.05, 0) is 31.5 Å². The first-order valence-corrected chi connectivity index (χ1v) is 6.32. The molecule has 5 heteroatoms. The van der Waals surface area contributed by atoms with Crippen LogP contribution in [0.1, 0.15) is 32.3 Å². The molecular formula is C14H18FN3O. The molecule has 1 aromatic rings. The number of anilines is 1. The van der Waals surface area contributed by atoms with Crippen LogP contribution in [0.25, 0.3) is 0 Å². The molecule has 1 atom stereocenters. The van der Waals surface area contributed by atoms with Crippen molar-refractivity contribution in [1.29, 1.82) is 5.26 Å². The number of nitriles is 1. The van der Waals surface area contributed by atoms with Crippen LogP contribution in [0.4, 0.5) is 10.1 Å². The van der Waals surface area contributed by atoms with Gasteiger partial charge < -0.3 is 10.6 Å². The minimum atomic E-state index is -0.562. The molecule has 0 saturated carbocycles. The smallest absolute Gasteiger partial charge is 0.242 e. The molecule has 1 rings (SSSR count). The summed E-state index contributed by atoms with van der Waals surface area (Å²) in [6.07, 6.45) is 1.96. The zero-order chi connectivity index (χ0) is 14.3. The van der Waals surface area contributed by atoms with E-state index in [4.69, 9.17) is 5.26 Å². The molecule has 0 spiro atoms. The highest BCUT2D eigenvalue weighted by molar-refractivity contribution is 5.84. The number of hydrogen-bond donors (Lipinski definition) is 2. The number of nitrogens with one attached hydrogen (secondary N) is 2. The third-order valence-electron chi connectivity index (χ3n) is 2.69. The first-order valence-electron chi connectivity index (χ1n) is 6.32. The maximum absolute atomic E-state index is 13.1. The molecule has 1 aromatic carbocycles. The fourth-order valence-corrected chi connectivity index (χ4v) is 1.56. The van der Waals surface area contributed by atoms with Crippen LogP contribution in [0, 0.1) is 17.1 Å². The van der Waals surface area contributed by atoms with Gasteiger partial charge in [-0.2, -0.15) is 5.26 Å². The van der Waals surface area contributed by atoms with Crippen LogP contribution in [-0.2, 0) is 4.79 Å². The van der Waals surface area contributed by atoms with E-state index in [2.05, 4.69) is 17.6 Å². The highest BCUT2D eigenvalue weighted by Crippen LogP contribution is 2.14. The van der Waals surface area contributed by atoms with Gasteiger partial charge in [-0.1, -0.05) is 13.3 Å². The van der Waals surface area contributed by atoms with E-state index in [0.29, 0.717) is 12.2 Å². The van der Waals surface area contributed by atoms with E-state index in [-0.39, 0.29) is 11.5 Å². The second kappa shape index (κ2) is 7.37. The van der Waals surface area contributed by atoms with Crippen LogP contribution in [0.15, 0.2) is 18.2 Å². The van der Waals surface area contributed by atoms with Crippen molar-refractivity contribution in [2.75, 3.05) is 11.9 Å². The van der Waals surface area contributed by atoms with Gasteiger partial charge in [0.05, 0.1) is 5.56 Å². The summed E-state index contributed by atoms with van der Waals surface area (Å²) < 4.78 is 13.1. The third kappa shape index (κ3) is 4.59. The van der Waals surface area contributed by atoms with E-state index < -0.39 is 11.9 Å². The molecule has 0 aromatic heterocycles. The Bertz CT molecular complexity index is 482. The van der Waals surface area contributed by atoms with Crippen LogP contribution in [0.2, 0.25) is 0 Å². The lowest BCUT2D eigenvalue weighted by atomic mass is 10.2. The van der Waals surface area contributed by atoms with E-state index in [1.807, 2.05) is 0 Å². The van der Waals surface area contributed by atoms with E-state index in [1.165, 1.54) is 18.2 Å². The average Bonchev–Trinajstić information content (AvgIpc) is 2.41. The van der Waals surface area contributed by atoms with Crippen molar-refractivity contribution in [1.82, 2.24) is 5.32 Å². The lowest BCUT2D eigenvalue weighted by molar-refractivity contribution is -0.121. The first kappa shape index (κ1) is 15.0. The molecule has 0 aliphatic rings. The Morgan fingerprint density at radius 1 is 1.53 bits per heavy atom. The minimum absolute atomic E-state index is 0.0383. The van der Waals surface area contributed by atoms with Gasteiger partial charge in [0.15, 0.2) is 0 Å². The van der Waals surface area contributed by atoms with E-state index >= 15 is 0 Å². The van der Waals surface area contributed by atoms with Crippen LogP contribution >= 0.6 is 0 Å². The largest absolute Gasteiger partial charge is 0.374 e. The molecule has 19 heavy (non-hydrogen) atoms. The number of nitrogens with zero attached hydrogens (tertiary/aromatic N) is 1. The van der Waals surface area contributed by atoms with Gasteiger partial charge in [-0.15, -0.1) is 0 Å².